The molecule has 0 amide bonds. The van der Waals surface area contributed by atoms with Gasteiger partial charge in [-0.1, -0.05) is 0 Å². The normalized spacial score (nSPS) is 11.4. The summed E-state index contributed by atoms with van der Waals surface area (Å²) in [6.07, 6.45) is -1.03. The van der Waals surface area contributed by atoms with Crippen molar-refractivity contribution in [3.63, 3.8) is 0 Å². The summed E-state index contributed by atoms with van der Waals surface area (Å²) in [5.41, 5.74) is -0.904. The number of hydrogen-bond donors (Lipinski definition) is 1. The van der Waals surface area contributed by atoms with E-state index in [0.29, 0.717) is 0 Å². The van der Waals surface area contributed by atoms with Gasteiger partial charge in [0.2, 0.25) is 5.95 Å². The number of pyridine rings is 1. The highest BCUT2D eigenvalue weighted by molar-refractivity contribution is 5.90. The van der Waals surface area contributed by atoms with Crippen molar-refractivity contribution in [1.29, 1.82) is 0 Å². The Bertz CT molecular complexity index is 1590. The lowest BCUT2D eigenvalue weighted by Gasteiger charge is -2.15. The minimum absolute atomic E-state index is 0.00772. The first-order valence-corrected chi connectivity index (χ1v) is 11.0. The maximum Gasteiger partial charge on any atom is 0.417 e. The SMILES string of the molecule is COC(=O)c1cc(-c2cnc(Nc3cc(F)cc(OC)c3)nc2-n2cc(C(F)(F)F)cc2C)cn(C)c1=O. The second-order valence-electron chi connectivity index (χ2n) is 8.22. The fraction of sp³-hybridized carbons (Fsp3) is 0.200. The molecule has 13 heteroatoms. The third kappa shape index (κ3) is 5.21. The van der Waals surface area contributed by atoms with Crippen molar-refractivity contribution in [2.24, 2.45) is 7.05 Å². The smallest absolute Gasteiger partial charge is 0.417 e. The molecule has 0 aliphatic heterocycles. The maximum absolute atomic E-state index is 14.0. The van der Waals surface area contributed by atoms with Crippen molar-refractivity contribution in [2.75, 3.05) is 19.5 Å². The van der Waals surface area contributed by atoms with Crippen molar-refractivity contribution in [2.45, 2.75) is 13.1 Å². The zero-order valence-corrected chi connectivity index (χ0v) is 20.6. The van der Waals surface area contributed by atoms with Crippen molar-refractivity contribution in [3.05, 3.63) is 81.9 Å². The van der Waals surface area contributed by atoms with Crippen molar-refractivity contribution >= 4 is 17.6 Å². The molecular formula is C25H21F4N5O4. The number of carbonyl (C=O) groups excluding carboxylic acids is 1. The zero-order valence-electron chi connectivity index (χ0n) is 20.6. The molecule has 4 aromatic rings. The first-order valence-electron chi connectivity index (χ1n) is 11.0. The van der Waals surface area contributed by atoms with Gasteiger partial charge in [0.15, 0.2) is 0 Å². The molecule has 0 aliphatic carbocycles. The van der Waals surface area contributed by atoms with Crippen molar-refractivity contribution in [1.82, 2.24) is 19.1 Å². The average Bonchev–Trinajstić information content (AvgIpc) is 3.26. The van der Waals surface area contributed by atoms with Gasteiger partial charge in [0.05, 0.1) is 19.8 Å². The van der Waals surface area contributed by atoms with E-state index in [9.17, 15) is 27.2 Å². The quantitative estimate of drug-likeness (QED) is 0.286. The third-order valence-electron chi connectivity index (χ3n) is 5.60. The number of hydrogen-bond acceptors (Lipinski definition) is 7. The summed E-state index contributed by atoms with van der Waals surface area (Å²) in [6.45, 7) is 1.46. The number of halogens is 4. The van der Waals surface area contributed by atoms with Gasteiger partial charge in [-0.15, -0.1) is 0 Å². The molecular weight excluding hydrogens is 510 g/mol. The summed E-state index contributed by atoms with van der Waals surface area (Å²) in [5.74, 6) is -1.31. The van der Waals surface area contributed by atoms with Crippen LogP contribution >= 0.6 is 0 Å². The molecule has 1 N–H and O–H groups in total. The number of esters is 1. The molecule has 1 aromatic carbocycles. The number of anilines is 2. The van der Waals surface area contributed by atoms with Gasteiger partial charge < -0.3 is 23.9 Å². The minimum atomic E-state index is -4.61. The number of nitrogens with one attached hydrogen (secondary N) is 1. The van der Waals surface area contributed by atoms with E-state index in [1.54, 1.807) is 0 Å². The van der Waals surface area contributed by atoms with E-state index in [1.165, 1.54) is 56.2 Å². The van der Waals surface area contributed by atoms with Gasteiger partial charge in [0.25, 0.3) is 5.56 Å². The molecule has 0 fully saturated rings. The number of methoxy groups -OCH3 is 2. The Morgan fingerprint density at radius 3 is 2.45 bits per heavy atom. The second-order valence-corrected chi connectivity index (χ2v) is 8.22. The van der Waals surface area contributed by atoms with Crippen LogP contribution in [0.5, 0.6) is 5.75 Å². The topological polar surface area (TPSA) is 100 Å². The van der Waals surface area contributed by atoms with Gasteiger partial charge in [-0.3, -0.25) is 4.79 Å². The second kappa shape index (κ2) is 10.00. The van der Waals surface area contributed by atoms with Crippen LogP contribution in [-0.2, 0) is 18.0 Å². The van der Waals surface area contributed by atoms with Crippen molar-refractivity contribution in [3.8, 4) is 22.7 Å². The van der Waals surface area contributed by atoms with E-state index >= 15 is 0 Å². The van der Waals surface area contributed by atoms with Crippen LogP contribution in [0.4, 0.5) is 29.2 Å². The number of nitrogens with zero attached hydrogens (tertiary/aromatic N) is 4. The molecule has 0 spiro atoms. The summed E-state index contributed by atoms with van der Waals surface area (Å²) in [4.78, 5) is 33.3. The van der Waals surface area contributed by atoms with Crippen LogP contribution in [0, 0.1) is 12.7 Å². The minimum Gasteiger partial charge on any atom is -0.497 e. The highest BCUT2D eigenvalue weighted by Gasteiger charge is 2.33. The Morgan fingerprint density at radius 2 is 1.82 bits per heavy atom. The van der Waals surface area contributed by atoms with Crippen LogP contribution < -0.4 is 15.6 Å². The summed E-state index contributed by atoms with van der Waals surface area (Å²) in [5, 5.41) is 2.82. The maximum atomic E-state index is 14.0. The number of rotatable bonds is 6. The van der Waals surface area contributed by atoms with Crippen LogP contribution in [0.25, 0.3) is 16.9 Å². The number of ether oxygens (including phenoxy) is 2. The third-order valence-corrected chi connectivity index (χ3v) is 5.60. The molecule has 3 aromatic heterocycles. The Balaban J connectivity index is 1.92. The van der Waals surface area contributed by atoms with Gasteiger partial charge >= 0.3 is 12.1 Å². The van der Waals surface area contributed by atoms with Gasteiger partial charge in [-0.2, -0.15) is 18.2 Å². The monoisotopic (exact) mass is 531 g/mol. The first-order chi connectivity index (χ1) is 17.9. The summed E-state index contributed by atoms with van der Waals surface area (Å²) >= 11 is 0. The number of benzene rings is 1. The molecule has 0 atom stereocenters. The number of aromatic nitrogens is 4. The Hall–Kier alpha value is -4.68. The average molecular weight is 531 g/mol. The molecule has 0 radical (unpaired) electrons. The fourth-order valence-corrected chi connectivity index (χ4v) is 3.77. The molecule has 0 unspecified atom stereocenters. The largest absolute Gasteiger partial charge is 0.497 e. The van der Waals surface area contributed by atoms with Crippen molar-refractivity contribution < 1.29 is 31.8 Å². The van der Waals surface area contributed by atoms with E-state index in [2.05, 4.69) is 20.0 Å². The zero-order chi connectivity index (χ0) is 27.8. The van der Waals surface area contributed by atoms with Gasteiger partial charge in [-0.25, -0.2) is 14.2 Å². The number of alkyl halides is 3. The molecule has 38 heavy (non-hydrogen) atoms. The van der Waals surface area contributed by atoms with Crippen LogP contribution in [0.15, 0.2) is 53.7 Å². The Morgan fingerprint density at radius 1 is 1.08 bits per heavy atom. The van der Waals surface area contributed by atoms with Crippen LogP contribution in [0.1, 0.15) is 21.6 Å². The van der Waals surface area contributed by atoms with Gasteiger partial charge in [0.1, 0.15) is 22.9 Å². The molecule has 0 aliphatic rings. The highest BCUT2D eigenvalue weighted by atomic mass is 19.4. The lowest BCUT2D eigenvalue weighted by atomic mass is 10.1. The Labute approximate surface area is 213 Å². The number of carbonyl (C=O) groups is 1. The van der Waals surface area contributed by atoms with E-state index in [-0.39, 0.29) is 45.6 Å². The van der Waals surface area contributed by atoms with E-state index in [1.807, 2.05) is 0 Å². The summed E-state index contributed by atoms with van der Waals surface area (Å²) in [7, 11) is 3.90. The van der Waals surface area contributed by atoms with Crippen LogP contribution in [-0.4, -0.2) is 39.3 Å². The summed E-state index contributed by atoms with van der Waals surface area (Å²) < 4.78 is 66.5. The number of aryl methyl sites for hydroxylation is 2. The van der Waals surface area contributed by atoms with E-state index < -0.39 is 29.1 Å². The lowest BCUT2D eigenvalue weighted by molar-refractivity contribution is -0.137. The van der Waals surface area contributed by atoms with Crippen LogP contribution in [0.3, 0.4) is 0 Å². The van der Waals surface area contributed by atoms with Crippen LogP contribution in [0.2, 0.25) is 0 Å². The highest BCUT2D eigenvalue weighted by Crippen LogP contribution is 2.34. The van der Waals surface area contributed by atoms with Gasteiger partial charge in [0, 0.05) is 60.3 Å². The molecule has 4 rings (SSSR count). The molecule has 0 bridgehead atoms. The molecule has 0 saturated carbocycles. The molecule has 0 saturated heterocycles. The summed E-state index contributed by atoms with van der Waals surface area (Å²) in [6, 6.07) is 6.03. The predicted octanol–water partition coefficient (Wildman–Crippen LogP) is 4.64. The molecule has 9 nitrogen and oxygen atoms in total. The van der Waals surface area contributed by atoms with Gasteiger partial charge in [-0.05, 0) is 25.1 Å². The predicted molar refractivity (Wildman–Crippen MR) is 129 cm³/mol. The standard InChI is InChI=1S/C25H21F4N5O4/c1-13-5-15(25(27,28)29)12-34(13)21-20(14-6-19(23(36)38-4)22(35)33(2)11-14)10-30-24(32-21)31-17-7-16(26)8-18(9-17)37-3/h5-12H,1-4H3,(H,30,31,32). The fourth-order valence-electron chi connectivity index (χ4n) is 3.77. The molecule has 198 valence electrons. The van der Waals surface area contributed by atoms with E-state index in [0.717, 1.165) is 30.0 Å². The Kier molecular flexibility index (Phi) is 6.94. The lowest BCUT2D eigenvalue weighted by Crippen LogP contribution is -2.25. The van der Waals surface area contributed by atoms with E-state index in [4.69, 9.17) is 4.74 Å². The molecule has 3 heterocycles. The first kappa shape index (κ1) is 26.4.